The van der Waals surface area contributed by atoms with Gasteiger partial charge in [-0.15, -0.1) is 0 Å². The Hall–Kier alpha value is -2.23. The van der Waals surface area contributed by atoms with Crippen LogP contribution in [0.3, 0.4) is 0 Å². The maximum Gasteiger partial charge on any atom is 0.433 e. The molecule has 2 heterocycles. The van der Waals surface area contributed by atoms with E-state index in [9.17, 15) is 26.0 Å². The number of nitrogens with one attached hydrogen (secondary N) is 1. The van der Waals surface area contributed by atoms with Crippen molar-refractivity contribution in [2.45, 2.75) is 11.2 Å². The van der Waals surface area contributed by atoms with Crippen molar-refractivity contribution >= 4 is 15.7 Å². The SMILES string of the molecule is O=S(=O)(Nc1ccc(C(F)(F)F)nc1)c1ncccc1F. The predicted molar refractivity (Wildman–Crippen MR) is 64.2 cm³/mol. The maximum absolute atomic E-state index is 13.4. The quantitative estimate of drug-likeness (QED) is 0.881. The third-order valence-electron chi connectivity index (χ3n) is 2.29. The molecule has 1 N–H and O–H groups in total. The molecule has 0 fully saturated rings. The molecule has 0 radical (unpaired) electrons. The van der Waals surface area contributed by atoms with Crippen LogP contribution in [-0.2, 0) is 16.2 Å². The molecule has 2 aromatic heterocycles. The van der Waals surface area contributed by atoms with Crippen molar-refractivity contribution in [3.63, 3.8) is 0 Å². The molecule has 0 aliphatic rings. The Labute approximate surface area is 116 Å². The minimum Gasteiger partial charge on any atom is -0.277 e. The predicted octanol–water partition coefficient (Wildman–Crippen LogP) is 2.44. The molecule has 5 nitrogen and oxygen atoms in total. The van der Waals surface area contributed by atoms with Gasteiger partial charge in [0.25, 0.3) is 10.0 Å². The molecule has 0 unspecified atom stereocenters. The summed E-state index contributed by atoms with van der Waals surface area (Å²) in [6, 6.07) is 3.57. The highest BCUT2D eigenvalue weighted by molar-refractivity contribution is 7.92. The average Bonchev–Trinajstić information content (AvgIpc) is 2.38. The molecule has 2 aromatic rings. The summed E-state index contributed by atoms with van der Waals surface area (Å²) < 4.78 is 75.9. The molecule has 10 heteroatoms. The van der Waals surface area contributed by atoms with Crippen LogP contribution in [0.4, 0.5) is 23.2 Å². The van der Waals surface area contributed by atoms with Crippen molar-refractivity contribution in [2.75, 3.05) is 4.72 Å². The highest BCUT2D eigenvalue weighted by Crippen LogP contribution is 2.28. The summed E-state index contributed by atoms with van der Waals surface area (Å²) in [7, 11) is -4.35. The molecule has 21 heavy (non-hydrogen) atoms. The van der Waals surface area contributed by atoms with E-state index in [1.165, 1.54) is 6.07 Å². The van der Waals surface area contributed by atoms with Crippen molar-refractivity contribution < 1.29 is 26.0 Å². The number of anilines is 1. The number of halogens is 4. The van der Waals surface area contributed by atoms with E-state index in [1.54, 1.807) is 0 Å². The van der Waals surface area contributed by atoms with Crippen molar-refractivity contribution in [3.05, 3.63) is 48.2 Å². The van der Waals surface area contributed by atoms with Crippen LogP contribution < -0.4 is 4.72 Å². The second kappa shape index (κ2) is 5.28. The van der Waals surface area contributed by atoms with Gasteiger partial charge < -0.3 is 0 Å². The zero-order valence-corrected chi connectivity index (χ0v) is 10.9. The standard InChI is InChI=1S/C11H7F4N3O2S/c12-8-2-1-5-16-10(8)21(19,20)18-7-3-4-9(17-6-7)11(13,14)15/h1-6,18H. The highest BCUT2D eigenvalue weighted by Gasteiger charge is 2.32. The van der Waals surface area contributed by atoms with Crippen LogP contribution in [0, 0.1) is 5.82 Å². The minimum atomic E-state index is -4.63. The summed E-state index contributed by atoms with van der Waals surface area (Å²) in [6.07, 6.45) is -2.88. The lowest BCUT2D eigenvalue weighted by Crippen LogP contribution is -2.16. The number of alkyl halides is 3. The molecule has 2 rings (SSSR count). The van der Waals surface area contributed by atoms with Crippen LogP contribution >= 0.6 is 0 Å². The molecule has 0 amide bonds. The first kappa shape index (κ1) is 15.2. The van der Waals surface area contributed by atoms with Crippen LogP contribution in [0.25, 0.3) is 0 Å². The molecule has 0 aliphatic carbocycles. The van der Waals surface area contributed by atoms with Crippen molar-refractivity contribution in [1.82, 2.24) is 9.97 Å². The van der Waals surface area contributed by atoms with E-state index in [0.717, 1.165) is 18.3 Å². The van der Waals surface area contributed by atoms with Gasteiger partial charge in [-0.2, -0.15) is 21.6 Å². The Balaban J connectivity index is 2.28. The fraction of sp³-hybridized carbons (Fsp3) is 0.0909. The lowest BCUT2D eigenvalue weighted by atomic mass is 10.3. The van der Waals surface area contributed by atoms with Gasteiger partial charge in [0.05, 0.1) is 11.9 Å². The van der Waals surface area contributed by atoms with E-state index in [2.05, 4.69) is 9.97 Å². The summed E-state index contributed by atoms with van der Waals surface area (Å²) >= 11 is 0. The van der Waals surface area contributed by atoms with E-state index in [1.807, 2.05) is 4.72 Å². The van der Waals surface area contributed by atoms with E-state index in [4.69, 9.17) is 0 Å². The van der Waals surface area contributed by atoms with Crippen LogP contribution in [-0.4, -0.2) is 18.4 Å². The molecule has 0 aliphatic heterocycles. The van der Waals surface area contributed by atoms with E-state index >= 15 is 0 Å². The zero-order chi connectivity index (χ0) is 15.7. The first-order chi connectivity index (χ1) is 9.70. The topological polar surface area (TPSA) is 72.0 Å². The molecule has 0 atom stereocenters. The Morgan fingerprint density at radius 1 is 1.10 bits per heavy atom. The molecular weight excluding hydrogens is 314 g/mol. The van der Waals surface area contributed by atoms with Crippen molar-refractivity contribution in [2.24, 2.45) is 0 Å². The molecule has 0 saturated heterocycles. The van der Waals surface area contributed by atoms with Gasteiger partial charge in [-0.3, -0.25) is 4.72 Å². The number of rotatable bonds is 3. The van der Waals surface area contributed by atoms with E-state index in [-0.39, 0.29) is 5.69 Å². The summed E-state index contributed by atoms with van der Waals surface area (Å²) in [5.41, 5.74) is -1.41. The highest BCUT2D eigenvalue weighted by atomic mass is 32.2. The second-order valence-electron chi connectivity index (χ2n) is 3.83. The van der Waals surface area contributed by atoms with Gasteiger partial charge in [-0.25, -0.2) is 14.4 Å². The number of hydrogen-bond acceptors (Lipinski definition) is 4. The van der Waals surface area contributed by atoms with Gasteiger partial charge in [0.1, 0.15) is 5.69 Å². The molecule has 0 saturated carbocycles. The Morgan fingerprint density at radius 2 is 1.81 bits per heavy atom. The second-order valence-corrected chi connectivity index (χ2v) is 5.42. The smallest absolute Gasteiger partial charge is 0.277 e. The number of nitrogens with zero attached hydrogens (tertiary/aromatic N) is 2. The van der Waals surface area contributed by atoms with Gasteiger partial charge in [0.15, 0.2) is 5.82 Å². The van der Waals surface area contributed by atoms with E-state index in [0.29, 0.717) is 12.3 Å². The Kier molecular flexibility index (Phi) is 3.81. The Morgan fingerprint density at radius 3 is 2.33 bits per heavy atom. The number of aromatic nitrogens is 2. The third-order valence-corrected chi connectivity index (χ3v) is 3.60. The fourth-order valence-corrected chi connectivity index (χ4v) is 2.45. The molecule has 112 valence electrons. The van der Waals surface area contributed by atoms with Gasteiger partial charge in [-0.05, 0) is 24.3 Å². The summed E-state index contributed by atoms with van der Waals surface area (Å²) in [6.45, 7) is 0. The van der Waals surface area contributed by atoms with Crippen molar-refractivity contribution in [3.8, 4) is 0 Å². The Bertz CT molecular complexity index is 745. The van der Waals surface area contributed by atoms with Crippen LogP contribution in [0.1, 0.15) is 5.69 Å². The largest absolute Gasteiger partial charge is 0.433 e. The molecule has 0 aromatic carbocycles. The third kappa shape index (κ3) is 3.45. The molecular formula is C11H7F4N3O2S. The lowest BCUT2D eigenvalue weighted by molar-refractivity contribution is -0.141. The first-order valence-corrected chi connectivity index (χ1v) is 6.85. The average molecular weight is 321 g/mol. The van der Waals surface area contributed by atoms with Crippen molar-refractivity contribution in [1.29, 1.82) is 0 Å². The monoisotopic (exact) mass is 321 g/mol. The molecule has 0 bridgehead atoms. The number of pyridine rings is 2. The van der Waals surface area contributed by atoms with Crippen LogP contribution in [0.15, 0.2) is 41.7 Å². The van der Waals surface area contributed by atoms with E-state index < -0.39 is 32.7 Å². The summed E-state index contributed by atoms with van der Waals surface area (Å²) in [4.78, 5) is 6.46. The van der Waals surface area contributed by atoms with Gasteiger partial charge in [0, 0.05) is 6.20 Å². The number of sulfonamides is 1. The summed E-state index contributed by atoms with van der Waals surface area (Å²) in [5.74, 6) is -1.08. The zero-order valence-electron chi connectivity index (χ0n) is 10.1. The normalized spacial score (nSPS) is 12.2. The van der Waals surface area contributed by atoms with Gasteiger partial charge in [0.2, 0.25) is 5.03 Å². The maximum atomic E-state index is 13.4. The molecule has 0 spiro atoms. The number of hydrogen-bond donors (Lipinski definition) is 1. The first-order valence-electron chi connectivity index (χ1n) is 5.37. The van der Waals surface area contributed by atoms with Gasteiger partial charge >= 0.3 is 6.18 Å². The minimum absolute atomic E-state index is 0.243. The fourth-order valence-electron chi connectivity index (χ4n) is 1.39. The van der Waals surface area contributed by atoms with Crippen LogP contribution in [0.5, 0.6) is 0 Å². The lowest BCUT2D eigenvalue weighted by Gasteiger charge is -2.09. The van der Waals surface area contributed by atoms with Gasteiger partial charge in [-0.1, -0.05) is 0 Å². The summed E-state index contributed by atoms with van der Waals surface area (Å²) in [5, 5.41) is -0.857. The van der Waals surface area contributed by atoms with Crippen LogP contribution in [0.2, 0.25) is 0 Å².